The molecule has 1 heterocycles. The number of carbonyl (C=O) groups excluding carboxylic acids is 1. The number of thioether (sulfide) groups is 1. The zero-order valence-electron chi connectivity index (χ0n) is 15.2. The summed E-state index contributed by atoms with van der Waals surface area (Å²) in [5.41, 5.74) is 2.76. The van der Waals surface area contributed by atoms with E-state index in [0.29, 0.717) is 4.91 Å². The van der Waals surface area contributed by atoms with E-state index in [0.717, 1.165) is 28.5 Å². The van der Waals surface area contributed by atoms with E-state index < -0.39 is 12.0 Å². The van der Waals surface area contributed by atoms with Gasteiger partial charge in [-0.05, 0) is 29.7 Å². The highest BCUT2D eigenvalue weighted by Crippen LogP contribution is 2.34. The van der Waals surface area contributed by atoms with Crippen LogP contribution in [0, 0.1) is 0 Å². The van der Waals surface area contributed by atoms with Crippen LogP contribution in [-0.4, -0.2) is 32.2 Å². The van der Waals surface area contributed by atoms with Crippen LogP contribution in [-0.2, 0) is 16.0 Å². The largest absolute Gasteiger partial charge is 0.480 e. The van der Waals surface area contributed by atoms with Crippen molar-refractivity contribution >= 4 is 46.3 Å². The van der Waals surface area contributed by atoms with E-state index >= 15 is 0 Å². The highest BCUT2D eigenvalue weighted by molar-refractivity contribution is 8.26. The van der Waals surface area contributed by atoms with Gasteiger partial charge in [-0.25, -0.2) is 4.79 Å². The number of hydrogen-bond acceptors (Lipinski definition) is 4. The standard InChI is InChI=1S/C22H19NO3S2/c1-15(12-16-8-4-2-5-9-16)13-19-20(24)23(22(27)28-19)18(21(25)26)14-17-10-6-3-7-11-17/h2-13,18H,14H2,1H3,(H,25,26)/b15-12+,19-13-/t18-/m1/s1. The number of carboxylic acid groups (broad SMARTS) is 1. The molecule has 2 aromatic rings. The van der Waals surface area contributed by atoms with E-state index in [9.17, 15) is 14.7 Å². The number of thiocarbonyl (C=S) groups is 1. The van der Waals surface area contributed by atoms with Gasteiger partial charge >= 0.3 is 5.97 Å². The van der Waals surface area contributed by atoms with Gasteiger partial charge in [0.15, 0.2) is 0 Å². The molecule has 0 unspecified atom stereocenters. The fourth-order valence-corrected chi connectivity index (χ4v) is 4.34. The maximum atomic E-state index is 12.9. The zero-order chi connectivity index (χ0) is 20.1. The van der Waals surface area contributed by atoms with Crippen LogP contribution in [0.4, 0.5) is 0 Å². The Morgan fingerprint density at radius 3 is 2.36 bits per heavy atom. The molecule has 1 saturated heterocycles. The maximum Gasteiger partial charge on any atom is 0.327 e. The summed E-state index contributed by atoms with van der Waals surface area (Å²) < 4.78 is 0.270. The van der Waals surface area contributed by atoms with E-state index in [1.165, 1.54) is 4.90 Å². The zero-order valence-corrected chi connectivity index (χ0v) is 16.9. The third-order valence-corrected chi connectivity index (χ3v) is 5.58. The van der Waals surface area contributed by atoms with Crippen molar-refractivity contribution in [2.75, 3.05) is 0 Å². The summed E-state index contributed by atoms with van der Waals surface area (Å²) in [6.45, 7) is 1.90. The van der Waals surface area contributed by atoms with Crippen LogP contribution in [0.15, 0.2) is 77.2 Å². The smallest absolute Gasteiger partial charge is 0.327 e. The van der Waals surface area contributed by atoms with Crippen LogP contribution in [0.5, 0.6) is 0 Å². The third-order valence-electron chi connectivity index (χ3n) is 4.24. The number of nitrogens with zero attached hydrogens (tertiary/aromatic N) is 1. The number of rotatable bonds is 6. The van der Waals surface area contributed by atoms with Crippen LogP contribution in [0.1, 0.15) is 18.1 Å². The first-order valence-corrected chi connectivity index (χ1v) is 9.95. The molecule has 0 bridgehead atoms. The minimum Gasteiger partial charge on any atom is -0.480 e. The van der Waals surface area contributed by atoms with E-state index in [-0.39, 0.29) is 16.6 Å². The van der Waals surface area contributed by atoms with Crippen molar-refractivity contribution < 1.29 is 14.7 Å². The van der Waals surface area contributed by atoms with Gasteiger partial charge in [-0.2, -0.15) is 0 Å². The molecule has 1 aliphatic rings. The lowest BCUT2D eigenvalue weighted by molar-refractivity contribution is -0.145. The molecule has 2 aromatic carbocycles. The first-order valence-electron chi connectivity index (χ1n) is 8.73. The highest BCUT2D eigenvalue weighted by atomic mass is 32.2. The van der Waals surface area contributed by atoms with E-state index in [1.54, 1.807) is 6.08 Å². The first kappa shape index (κ1) is 20.0. The molecule has 28 heavy (non-hydrogen) atoms. The summed E-state index contributed by atoms with van der Waals surface area (Å²) in [6, 6.07) is 18.0. The number of carbonyl (C=O) groups is 2. The molecular formula is C22H19NO3S2. The lowest BCUT2D eigenvalue weighted by atomic mass is 10.0. The van der Waals surface area contributed by atoms with Gasteiger partial charge in [0.1, 0.15) is 10.4 Å². The molecule has 6 heteroatoms. The van der Waals surface area contributed by atoms with Gasteiger partial charge < -0.3 is 5.11 Å². The average Bonchev–Trinajstić information content (AvgIpc) is 2.94. The molecule has 1 atom stereocenters. The van der Waals surface area contributed by atoms with Crippen molar-refractivity contribution in [3.8, 4) is 0 Å². The summed E-state index contributed by atoms with van der Waals surface area (Å²) in [5.74, 6) is -1.43. The number of allylic oxidation sites excluding steroid dienone is 2. The number of hydrogen-bond donors (Lipinski definition) is 1. The first-order chi connectivity index (χ1) is 13.5. The Balaban J connectivity index is 1.83. The molecule has 1 fully saturated rings. The van der Waals surface area contributed by atoms with Crippen LogP contribution < -0.4 is 0 Å². The second-order valence-corrected chi connectivity index (χ2v) is 8.07. The van der Waals surface area contributed by atoms with Crippen molar-refractivity contribution in [1.29, 1.82) is 0 Å². The molecule has 1 amide bonds. The SMILES string of the molecule is CC(/C=C1\SC(=S)N([C@H](Cc2ccccc2)C(=O)O)C1=O)=C\c1ccccc1. The number of carboxylic acids is 1. The number of benzene rings is 2. The predicted molar refractivity (Wildman–Crippen MR) is 117 cm³/mol. The maximum absolute atomic E-state index is 12.9. The van der Waals surface area contributed by atoms with Gasteiger partial charge in [0.05, 0.1) is 4.91 Å². The normalized spacial score (nSPS) is 17.2. The summed E-state index contributed by atoms with van der Waals surface area (Å²) in [5, 5.41) is 9.70. The van der Waals surface area contributed by atoms with Gasteiger partial charge in [0.25, 0.3) is 5.91 Å². The van der Waals surface area contributed by atoms with Crippen LogP contribution in [0.2, 0.25) is 0 Å². The summed E-state index contributed by atoms with van der Waals surface area (Å²) in [4.78, 5) is 26.4. The molecule has 0 saturated carbocycles. The fourth-order valence-electron chi connectivity index (χ4n) is 2.94. The molecule has 3 rings (SSSR count). The van der Waals surface area contributed by atoms with Gasteiger partial charge in [-0.1, -0.05) is 90.7 Å². The molecule has 142 valence electrons. The van der Waals surface area contributed by atoms with Crippen LogP contribution >= 0.6 is 24.0 Å². The van der Waals surface area contributed by atoms with Crippen molar-refractivity contribution in [3.05, 3.63) is 88.3 Å². The minimum atomic E-state index is -1.07. The summed E-state index contributed by atoms with van der Waals surface area (Å²) in [7, 11) is 0. The Hall–Kier alpha value is -2.70. The molecule has 0 radical (unpaired) electrons. The van der Waals surface area contributed by atoms with Gasteiger partial charge in [-0.15, -0.1) is 0 Å². The summed E-state index contributed by atoms with van der Waals surface area (Å²) in [6.07, 6.45) is 3.92. The Labute approximate surface area is 173 Å². The Morgan fingerprint density at radius 1 is 1.14 bits per heavy atom. The van der Waals surface area contributed by atoms with Crippen molar-refractivity contribution in [2.45, 2.75) is 19.4 Å². The third kappa shape index (κ3) is 4.77. The summed E-state index contributed by atoms with van der Waals surface area (Å²) >= 11 is 6.48. The topological polar surface area (TPSA) is 57.6 Å². The monoisotopic (exact) mass is 409 g/mol. The molecular weight excluding hydrogens is 390 g/mol. The Kier molecular flexibility index (Phi) is 6.44. The number of aliphatic carboxylic acids is 1. The quantitative estimate of drug-likeness (QED) is 0.561. The molecule has 1 aliphatic heterocycles. The molecule has 0 aromatic heterocycles. The van der Waals surface area contributed by atoms with Crippen LogP contribution in [0.3, 0.4) is 0 Å². The van der Waals surface area contributed by atoms with Crippen molar-refractivity contribution in [2.24, 2.45) is 0 Å². The highest BCUT2D eigenvalue weighted by Gasteiger charge is 2.40. The average molecular weight is 410 g/mol. The second-order valence-electron chi connectivity index (χ2n) is 6.39. The van der Waals surface area contributed by atoms with E-state index in [4.69, 9.17) is 12.2 Å². The second kappa shape index (κ2) is 8.99. The molecule has 0 aliphatic carbocycles. The predicted octanol–water partition coefficient (Wildman–Crippen LogP) is 4.53. The van der Waals surface area contributed by atoms with Crippen molar-refractivity contribution in [3.63, 3.8) is 0 Å². The Morgan fingerprint density at radius 2 is 1.75 bits per heavy atom. The van der Waals surface area contributed by atoms with E-state index in [2.05, 4.69) is 0 Å². The van der Waals surface area contributed by atoms with Gasteiger partial charge in [0, 0.05) is 6.42 Å². The lowest BCUT2D eigenvalue weighted by Gasteiger charge is -2.23. The molecule has 4 nitrogen and oxygen atoms in total. The van der Waals surface area contributed by atoms with E-state index in [1.807, 2.05) is 73.7 Å². The van der Waals surface area contributed by atoms with Gasteiger partial charge in [-0.3, -0.25) is 9.69 Å². The molecule has 1 N–H and O–H groups in total. The minimum absolute atomic E-state index is 0.203. The Bertz CT molecular complexity index is 952. The lowest BCUT2D eigenvalue weighted by Crippen LogP contribution is -2.45. The van der Waals surface area contributed by atoms with Crippen molar-refractivity contribution in [1.82, 2.24) is 4.90 Å². The number of amides is 1. The van der Waals surface area contributed by atoms with Gasteiger partial charge in [0.2, 0.25) is 0 Å². The fraction of sp³-hybridized carbons (Fsp3) is 0.136. The molecule has 0 spiro atoms. The van der Waals surface area contributed by atoms with Crippen LogP contribution in [0.25, 0.3) is 6.08 Å².